The zero-order valence-corrected chi connectivity index (χ0v) is 18.0. The maximum atomic E-state index is 13.1. The number of carbonyl (C=O) groups is 2. The molecule has 2 atom stereocenters. The first kappa shape index (κ1) is 20.9. The van der Waals surface area contributed by atoms with E-state index in [2.05, 4.69) is 10.6 Å². The minimum Gasteiger partial charge on any atom is -0.486 e. The van der Waals surface area contributed by atoms with Crippen LogP contribution in [-0.2, 0) is 11.2 Å². The Morgan fingerprint density at radius 1 is 0.968 bits per heavy atom. The molecule has 2 N–H and O–H groups in total. The second-order valence-corrected chi connectivity index (χ2v) is 8.27. The Bertz CT molecular complexity index is 1040. The number of fused-ring (bicyclic) bond motifs is 1. The van der Waals surface area contributed by atoms with E-state index in [-0.39, 0.29) is 17.9 Å². The second-order valence-electron chi connectivity index (χ2n) is 7.33. The monoisotopic (exact) mass is 436 g/mol. The maximum absolute atomic E-state index is 13.1. The van der Waals surface area contributed by atoms with Crippen molar-refractivity contribution in [3.05, 3.63) is 82.0 Å². The average Bonchev–Trinajstić information content (AvgIpc) is 3.34. The molecule has 0 saturated carbocycles. The molecule has 0 spiro atoms. The highest BCUT2D eigenvalue weighted by Crippen LogP contribution is 2.32. The molecule has 7 heteroatoms. The van der Waals surface area contributed by atoms with E-state index in [9.17, 15) is 9.59 Å². The maximum Gasteiger partial charge on any atom is 0.262 e. The highest BCUT2D eigenvalue weighted by Gasteiger charge is 2.24. The molecule has 0 fully saturated rings. The van der Waals surface area contributed by atoms with Crippen LogP contribution in [0.15, 0.2) is 66.0 Å². The molecular weight excluding hydrogens is 412 g/mol. The summed E-state index contributed by atoms with van der Waals surface area (Å²) in [5.41, 5.74) is 1.88. The highest BCUT2D eigenvalue weighted by molar-refractivity contribution is 7.12. The Labute approximate surface area is 185 Å². The Hall–Kier alpha value is -3.32. The number of benzene rings is 2. The molecule has 0 bridgehead atoms. The standard InChI is InChI=1S/C24H24N2O4S/c1-16(18-9-10-20-21(15-18)30-12-11-29-20)25-23(27)19(14-17-6-3-2-4-7-17)26-24(28)22-8-5-13-31-22/h2-10,13,15-16,19H,11-12,14H2,1H3,(H,25,27)(H,26,28)/t16-,19-/m1/s1. The van der Waals surface area contributed by atoms with Gasteiger partial charge in [-0.25, -0.2) is 0 Å². The quantitative estimate of drug-likeness (QED) is 0.592. The van der Waals surface area contributed by atoms with Crippen LogP contribution in [0.3, 0.4) is 0 Å². The molecule has 0 saturated heterocycles. The molecule has 6 nitrogen and oxygen atoms in total. The third-order valence-electron chi connectivity index (χ3n) is 5.07. The number of hydrogen-bond donors (Lipinski definition) is 2. The molecule has 2 amide bonds. The summed E-state index contributed by atoms with van der Waals surface area (Å²) >= 11 is 1.35. The van der Waals surface area contributed by atoms with Gasteiger partial charge in [-0.1, -0.05) is 42.5 Å². The van der Waals surface area contributed by atoms with Crippen molar-refractivity contribution in [1.29, 1.82) is 0 Å². The van der Waals surface area contributed by atoms with Crippen molar-refractivity contribution in [2.75, 3.05) is 13.2 Å². The van der Waals surface area contributed by atoms with E-state index in [4.69, 9.17) is 9.47 Å². The Morgan fingerprint density at radius 3 is 2.48 bits per heavy atom. The first-order valence-electron chi connectivity index (χ1n) is 10.2. The summed E-state index contributed by atoms with van der Waals surface area (Å²) in [4.78, 5) is 26.3. The number of carbonyl (C=O) groups excluding carboxylic acids is 2. The van der Waals surface area contributed by atoms with Gasteiger partial charge in [-0.3, -0.25) is 9.59 Å². The molecule has 160 valence electrons. The molecule has 4 rings (SSSR count). The van der Waals surface area contributed by atoms with Gasteiger partial charge in [-0.05, 0) is 41.6 Å². The number of hydrogen-bond acceptors (Lipinski definition) is 5. The summed E-state index contributed by atoms with van der Waals surface area (Å²) in [6.07, 6.45) is 0.400. The van der Waals surface area contributed by atoms with Crippen LogP contribution in [0.2, 0.25) is 0 Å². The van der Waals surface area contributed by atoms with Crippen molar-refractivity contribution in [2.45, 2.75) is 25.4 Å². The van der Waals surface area contributed by atoms with E-state index >= 15 is 0 Å². The zero-order chi connectivity index (χ0) is 21.6. The van der Waals surface area contributed by atoms with Crippen LogP contribution < -0.4 is 20.1 Å². The average molecular weight is 437 g/mol. The van der Waals surface area contributed by atoms with Crippen molar-refractivity contribution >= 4 is 23.2 Å². The van der Waals surface area contributed by atoms with Gasteiger partial charge in [0.05, 0.1) is 10.9 Å². The van der Waals surface area contributed by atoms with Gasteiger partial charge in [0, 0.05) is 6.42 Å². The fraction of sp³-hybridized carbons (Fsp3) is 0.250. The van der Waals surface area contributed by atoms with Crippen LogP contribution in [0.5, 0.6) is 11.5 Å². The molecule has 0 radical (unpaired) electrons. The Morgan fingerprint density at radius 2 is 1.74 bits per heavy atom. The first-order chi connectivity index (χ1) is 15.1. The zero-order valence-electron chi connectivity index (χ0n) is 17.2. The molecular formula is C24H24N2O4S. The fourth-order valence-electron chi connectivity index (χ4n) is 3.42. The van der Waals surface area contributed by atoms with Crippen LogP contribution >= 0.6 is 11.3 Å². The van der Waals surface area contributed by atoms with Crippen molar-refractivity contribution in [2.24, 2.45) is 0 Å². The van der Waals surface area contributed by atoms with Gasteiger partial charge in [0.25, 0.3) is 5.91 Å². The molecule has 2 heterocycles. The lowest BCUT2D eigenvalue weighted by Crippen LogP contribution is -2.48. The first-order valence-corrected chi connectivity index (χ1v) is 11.1. The summed E-state index contributed by atoms with van der Waals surface area (Å²) in [5, 5.41) is 7.75. The summed E-state index contributed by atoms with van der Waals surface area (Å²) in [6, 6.07) is 17.9. The minimum absolute atomic E-state index is 0.240. The van der Waals surface area contributed by atoms with Gasteiger partial charge in [0.2, 0.25) is 5.91 Å². The van der Waals surface area contributed by atoms with E-state index in [1.807, 2.05) is 66.9 Å². The van der Waals surface area contributed by atoms with Gasteiger partial charge >= 0.3 is 0 Å². The van der Waals surface area contributed by atoms with Crippen LogP contribution in [0.1, 0.15) is 33.8 Å². The number of rotatable bonds is 7. The summed E-state index contributed by atoms with van der Waals surface area (Å²) in [5.74, 6) is 0.893. The SMILES string of the molecule is C[C@@H](NC(=O)[C@@H](Cc1ccccc1)NC(=O)c1cccs1)c1ccc2c(c1)OCCO2. The van der Waals surface area contributed by atoms with Gasteiger partial charge in [0.1, 0.15) is 19.3 Å². The number of thiophene rings is 1. The van der Waals surface area contributed by atoms with E-state index in [1.165, 1.54) is 11.3 Å². The van der Waals surface area contributed by atoms with Crippen LogP contribution in [0, 0.1) is 0 Å². The Balaban J connectivity index is 1.48. The van der Waals surface area contributed by atoms with Crippen LogP contribution in [0.25, 0.3) is 0 Å². The lowest BCUT2D eigenvalue weighted by atomic mass is 10.0. The number of ether oxygens (including phenoxy) is 2. The normalized spacial score (nSPS) is 14.4. The lowest BCUT2D eigenvalue weighted by molar-refractivity contribution is -0.123. The largest absolute Gasteiger partial charge is 0.486 e. The molecule has 3 aromatic rings. The van der Waals surface area contributed by atoms with E-state index in [1.54, 1.807) is 6.07 Å². The van der Waals surface area contributed by atoms with Gasteiger partial charge in [-0.2, -0.15) is 0 Å². The molecule has 0 aliphatic carbocycles. The van der Waals surface area contributed by atoms with Crippen LogP contribution in [0.4, 0.5) is 0 Å². The van der Waals surface area contributed by atoms with E-state index in [0.29, 0.717) is 36.0 Å². The van der Waals surface area contributed by atoms with Crippen molar-refractivity contribution in [1.82, 2.24) is 10.6 Å². The summed E-state index contributed by atoms with van der Waals surface area (Å²) in [6.45, 7) is 2.94. The van der Waals surface area contributed by atoms with Gasteiger partial charge < -0.3 is 20.1 Å². The topological polar surface area (TPSA) is 76.7 Å². The summed E-state index contributed by atoms with van der Waals surface area (Å²) in [7, 11) is 0. The highest BCUT2D eigenvalue weighted by atomic mass is 32.1. The summed E-state index contributed by atoms with van der Waals surface area (Å²) < 4.78 is 11.2. The molecule has 1 aromatic heterocycles. The molecule has 31 heavy (non-hydrogen) atoms. The van der Waals surface area contributed by atoms with Gasteiger partial charge in [-0.15, -0.1) is 11.3 Å². The van der Waals surface area contributed by atoms with Crippen molar-refractivity contribution in [3.8, 4) is 11.5 Å². The smallest absolute Gasteiger partial charge is 0.262 e. The molecule has 1 aliphatic heterocycles. The molecule has 1 aliphatic rings. The predicted molar refractivity (Wildman–Crippen MR) is 120 cm³/mol. The third-order valence-corrected chi connectivity index (χ3v) is 5.94. The van der Waals surface area contributed by atoms with Crippen molar-refractivity contribution < 1.29 is 19.1 Å². The lowest BCUT2D eigenvalue weighted by Gasteiger charge is -2.23. The van der Waals surface area contributed by atoms with E-state index < -0.39 is 6.04 Å². The number of amides is 2. The third kappa shape index (κ3) is 5.24. The second kappa shape index (κ2) is 9.66. The minimum atomic E-state index is -0.698. The Kier molecular flexibility index (Phi) is 6.52. The van der Waals surface area contributed by atoms with E-state index in [0.717, 1.165) is 11.1 Å². The molecule has 2 aromatic carbocycles. The fourth-order valence-corrected chi connectivity index (χ4v) is 4.05. The van der Waals surface area contributed by atoms with Crippen molar-refractivity contribution in [3.63, 3.8) is 0 Å². The predicted octanol–water partition coefficient (Wildman–Crippen LogP) is 3.74. The van der Waals surface area contributed by atoms with Crippen LogP contribution in [-0.4, -0.2) is 31.1 Å². The molecule has 0 unspecified atom stereocenters. The van der Waals surface area contributed by atoms with Gasteiger partial charge in [0.15, 0.2) is 11.5 Å². The number of nitrogens with one attached hydrogen (secondary N) is 2.